The van der Waals surface area contributed by atoms with E-state index >= 15 is 0 Å². The van der Waals surface area contributed by atoms with Crippen LogP contribution in [0.1, 0.15) is 37.8 Å². The zero-order chi connectivity index (χ0) is 16.0. The van der Waals surface area contributed by atoms with Crippen molar-refractivity contribution in [2.24, 2.45) is 5.73 Å². The summed E-state index contributed by atoms with van der Waals surface area (Å²) >= 11 is 0. The predicted molar refractivity (Wildman–Crippen MR) is 84.9 cm³/mol. The van der Waals surface area contributed by atoms with Crippen molar-refractivity contribution >= 4 is 5.91 Å². The van der Waals surface area contributed by atoms with Gasteiger partial charge in [0.2, 0.25) is 5.91 Å². The number of nitrogens with one attached hydrogen (secondary N) is 1. The molecule has 1 heterocycles. The maximum atomic E-state index is 12.2. The van der Waals surface area contributed by atoms with Gasteiger partial charge >= 0.3 is 0 Å². The molecule has 3 N–H and O–H groups in total. The van der Waals surface area contributed by atoms with Crippen LogP contribution in [0.15, 0.2) is 36.9 Å². The zero-order valence-electron chi connectivity index (χ0n) is 13.1. The minimum atomic E-state index is -0.824. The van der Waals surface area contributed by atoms with Crippen LogP contribution in [0.4, 0.5) is 0 Å². The first-order chi connectivity index (χ1) is 10.5. The fourth-order valence-corrected chi connectivity index (χ4v) is 2.38. The number of hydrogen-bond acceptors (Lipinski definition) is 4. The van der Waals surface area contributed by atoms with Crippen molar-refractivity contribution in [2.75, 3.05) is 0 Å². The van der Waals surface area contributed by atoms with Gasteiger partial charge in [-0.15, -0.1) is 0 Å². The summed E-state index contributed by atoms with van der Waals surface area (Å²) in [6, 6.07) is 7.96. The molecule has 0 bridgehead atoms. The second kappa shape index (κ2) is 7.17. The molecular weight excluding hydrogens is 278 g/mol. The van der Waals surface area contributed by atoms with Crippen molar-refractivity contribution < 1.29 is 4.79 Å². The fraction of sp³-hybridized carbons (Fsp3) is 0.438. The molecule has 1 aromatic heterocycles. The van der Waals surface area contributed by atoms with Crippen molar-refractivity contribution in [1.82, 2.24) is 20.1 Å². The topological polar surface area (TPSA) is 85.8 Å². The summed E-state index contributed by atoms with van der Waals surface area (Å²) in [5.41, 5.74) is 7.38. The van der Waals surface area contributed by atoms with Crippen LogP contribution in [0, 0.1) is 0 Å². The summed E-state index contributed by atoms with van der Waals surface area (Å²) in [5, 5.41) is 7.04. The van der Waals surface area contributed by atoms with Crippen molar-refractivity contribution in [3.05, 3.63) is 48.0 Å². The van der Waals surface area contributed by atoms with Crippen LogP contribution in [0.3, 0.4) is 0 Å². The first-order valence-corrected chi connectivity index (χ1v) is 7.49. The van der Waals surface area contributed by atoms with Crippen LogP contribution < -0.4 is 11.1 Å². The minimum Gasteiger partial charge on any atom is -0.350 e. The summed E-state index contributed by atoms with van der Waals surface area (Å²) in [6.45, 7) is 4.88. The Morgan fingerprint density at radius 2 is 2.09 bits per heavy atom. The highest BCUT2D eigenvalue weighted by Gasteiger charge is 2.26. The number of nitrogens with zero attached hydrogens (tertiary/aromatic N) is 3. The molecule has 1 atom stereocenters. The number of hydrogen-bond donors (Lipinski definition) is 2. The lowest BCUT2D eigenvalue weighted by atomic mass is 9.96. The van der Waals surface area contributed by atoms with E-state index in [1.165, 1.54) is 6.33 Å². The molecule has 0 aliphatic rings. The van der Waals surface area contributed by atoms with Crippen molar-refractivity contribution in [1.29, 1.82) is 0 Å². The smallest absolute Gasteiger partial charge is 0.240 e. The molecule has 1 amide bonds. The Labute approximate surface area is 130 Å². The van der Waals surface area contributed by atoms with E-state index in [1.807, 2.05) is 31.2 Å². The Morgan fingerprint density at radius 1 is 1.36 bits per heavy atom. The van der Waals surface area contributed by atoms with Crippen molar-refractivity contribution in [3.63, 3.8) is 0 Å². The summed E-state index contributed by atoms with van der Waals surface area (Å²) in [5.74, 6) is -0.120. The first-order valence-electron chi connectivity index (χ1n) is 7.49. The molecule has 0 spiro atoms. The van der Waals surface area contributed by atoms with Gasteiger partial charge in [-0.3, -0.25) is 4.79 Å². The van der Waals surface area contributed by atoms with Crippen LogP contribution in [-0.4, -0.2) is 26.2 Å². The number of carbonyl (C=O) groups excluding carboxylic acids is 1. The summed E-state index contributed by atoms with van der Waals surface area (Å²) < 4.78 is 1.75. The SMILES string of the molecule is CCCC(C)(N)C(=O)NCc1ccccc1Cn1cncn1. The second-order valence-electron chi connectivity index (χ2n) is 5.71. The number of aromatic nitrogens is 3. The van der Waals surface area contributed by atoms with E-state index in [1.54, 1.807) is 17.9 Å². The summed E-state index contributed by atoms with van der Waals surface area (Å²) in [6.07, 6.45) is 4.73. The predicted octanol–water partition coefficient (Wildman–Crippen LogP) is 1.46. The molecule has 6 heteroatoms. The highest BCUT2D eigenvalue weighted by Crippen LogP contribution is 2.12. The molecule has 0 saturated heterocycles. The first kappa shape index (κ1) is 16.2. The van der Waals surface area contributed by atoms with E-state index in [4.69, 9.17) is 5.73 Å². The van der Waals surface area contributed by atoms with E-state index in [0.717, 1.165) is 17.5 Å². The van der Waals surface area contributed by atoms with Gasteiger partial charge in [-0.1, -0.05) is 37.6 Å². The monoisotopic (exact) mass is 301 g/mol. The molecule has 2 aromatic rings. The molecule has 22 heavy (non-hydrogen) atoms. The van der Waals surface area contributed by atoms with Gasteiger partial charge in [-0.05, 0) is 24.5 Å². The summed E-state index contributed by atoms with van der Waals surface area (Å²) in [7, 11) is 0. The molecule has 0 fully saturated rings. The van der Waals surface area contributed by atoms with Gasteiger partial charge in [0.1, 0.15) is 12.7 Å². The van der Waals surface area contributed by atoms with Gasteiger partial charge < -0.3 is 11.1 Å². The summed E-state index contributed by atoms with van der Waals surface area (Å²) in [4.78, 5) is 16.1. The fourth-order valence-electron chi connectivity index (χ4n) is 2.38. The Balaban J connectivity index is 2.02. The number of nitrogens with two attached hydrogens (primary N) is 1. The van der Waals surface area contributed by atoms with Gasteiger partial charge in [0.25, 0.3) is 0 Å². The van der Waals surface area contributed by atoms with Crippen LogP contribution in [-0.2, 0) is 17.9 Å². The van der Waals surface area contributed by atoms with Crippen LogP contribution >= 0.6 is 0 Å². The van der Waals surface area contributed by atoms with Gasteiger partial charge in [0, 0.05) is 6.54 Å². The molecule has 1 aromatic carbocycles. The molecule has 6 nitrogen and oxygen atoms in total. The maximum absolute atomic E-state index is 12.2. The van der Waals surface area contributed by atoms with E-state index in [-0.39, 0.29) is 5.91 Å². The average Bonchev–Trinajstić information content (AvgIpc) is 2.99. The molecule has 118 valence electrons. The van der Waals surface area contributed by atoms with Crippen LogP contribution in [0.2, 0.25) is 0 Å². The third-order valence-corrected chi connectivity index (χ3v) is 3.64. The normalized spacial score (nSPS) is 13.6. The third kappa shape index (κ3) is 4.14. The number of benzene rings is 1. The van der Waals surface area contributed by atoms with Crippen molar-refractivity contribution in [3.8, 4) is 0 Å². The maximum Gasteiger partial charge on any atom is 0.240 e. The molecular formula is C16H23N5O. The van der Waals surface area contributed by atoms with Gasteiger partial charge in [0.15, 0.2) is 0 Å². The van der Waals surface area contributed by atoms with Crippen LogP contribution in [0.5, 0.6) is 0 Å². The van der Waals surface area contributed by atoms with Gasteiger partial charge in [-0.25, -0.2) is 9.67 Å². The second-order valence-corrected chi connectivity index (χ2v) is 5.71. The molecule has 0 aliphatic carbocycles. The minimum absolute atomic E-state index is 0.120. The van der Waals surface area contributed by atoms with Gasteiger partial charge in [-0.2, -0.15) is 5.10 Å². The number of carbonyl (C=O) groups is 1. The Bertz CT molecular complexity index is 607. The Hall–Kier alpha value is -2.21. The average molecular weight is 301 g/mol. The molecule has 0 aliphatic heterocycles. The highest BCUT2D eigenvalue weighted by molar-refractivity contribution is 5.85. The molecule has 1 unspecified atom stereocenters. The largest absolute Gasteiger partial charge is 0.350 e. The lowest BCUT2D eigenvalue weighted by Crippen LogP contribution is -2.51. The zero-order valence-corrected chi connectivity index (χ0v) is 13.1. The highest BCUT2D eigenvalue weighted by atomic mass is 16.2. The van der Waals surface area contributed by atoms with Gasteiger partial charge in [0.05, 0.1) is 12.1 Å². The Kier molecular flexibility index (Phi) is 5.27. The lowest BCUT2D eigenvalue weighted by Gasteiger charge is -2.23. The van der Waals surface area contributed by atoms with E-state index in [0.29, 0.717) is 19.5 Å². The van der Waals surface area contributed by atoms with Crippen LogP contribution in [0.25, 0.3) is 0 Å². The van der Waals surface area contributed by atoms with Crippen molar-refractivity contribution in [2.45, 2.75) is 45.3 Å². The molecule has 0 saturated carbocycles. The molecule has 0 radical (unpaired) electrons. The number of rotatable bonds is 7. The van der Waals surface area contributed by atoms with E-state index in [2.05, 4.69) is 15.4 Å². The third-order valence-electron chi connectivity index (χ3n) is 3.64. The Morgan fingerprint density at radius 3 is 2.73 bits per heavy atom. The van der Waals surface area contributed by atoms with E-state index in [9.17, 15) is 4.79 Å². The lowest BCUT2D eigenvalue weighted by molar-refractivity contribution is -0.126. The quantitative estimate of drug-likeness (QED) is 0.810. The van der Waals surface area contributed by atoms with E-state index < -0.39 is 5.54 Å². The standard InChI is InChI=1S/C16H23N5O/c1-3-8-16(2,17)15(22)19-9-13-6-4-5-7-14(13)10-21-12-18-11-20-21/h4-7,11-12H,3,8-10,17H2,1-2H3,(H,19,22). The molecule has 2 rings (SSSR count). The number of amides is 1.